The number of hydrogen-bond donors (Lipinski definition) is 1. The van der Waals surface area contributed by atoms with Gasteiger partial charge in [-0.25, -0.2) is 4.79 Å². The van der Waals surface area contributed by atoms with E-state index in [0.29, 0.717) is 0 Å². The van der Waals surface area contributed by atoms with Crippen molar-refractivity contribution in [2.75, 3.05) is 0 Å². The molecule has 5 heteroatoms. The zero-order valence-electron chi connectivity index (χ0n) is 11.4. The van der Waals surface area contributed by atoms with Gasteiger partial charge in [0, 0.05) is 6.04 Å². The molecule has 0 spiro atoms. The minimum atomic E-state index is -1.16. The molecule has 0 aromatic heterocycles. The van der Waals surface area contributed by atoms with Gasteiger partial charge in [-0.15, -0.1) is 0 Å². The van der Waals surface area contributed by atoms with E-state index in [0.717, 1.165) is 19.3 Å². The van der Waals surface area contributed by atoms with Crippen LogP contribution in [0.2, 0.25) is 0 Å². The fraction of sp³-hybridized carbons (Fsp3) is 0.769. The molecule has 18 heavy (non-hydrogen) atoms. The second-order valence-corrected chi connectivity index (χ2v) is 6.46. The quantitative estimate of drug-likeness (QED) is 0.722. The standard InChI is InChI=1S/C13H20N2O3/c1-12(2)7-5-6-8(12)15-10(17)13(3,4)9(16)14-11(15)18/h8H,5-7H2,1-4H3,(H,14,16,18). The van der Waals surface area contributed by atoms with Crippen LogP contribution in [0, 0.1) is 10.8 Å². The van der Waals surface area contributed by atoms with Crippen molar-refractivity contribution in [3.63, 3.8) is 0 Å². The third kappa shape index (κ3) is 1.72. The lowest BCUT2D eigenvalue weighted by Crippen LogP contribution is -2.65. The lowest BCUT2D eigenvalue weighted by atomic mass is 9.82. The van der Waals surface area contributed by atoms with Crippen LogP contribution in [0.15, 0.2) is 0 Å². The van der Waals surface area contributed by atoms with Crippen LogP contribution in [0.5, 0.6) is 0 Å². The second-order valence-electron chi connectivity index (χ2n) is 6.46. The summed E-state index contributed by atoms with van der Waals surface area (Å²) in [6, 6.07) is -0.679. The second kappa shape index (κ2) is 3.80. The van der Waals surface area contributed by atoms with E-state index in [2.05, 4.69) is 19.2 Å². The average Bonchev–Trinajstić information content (AvgIpc) is 2.57. The fourth-order valence-electron chi connectivity index (χ4n) is 2.87. The van der Waals surface area contributed by atoms with Crippen LogP contribution in [-0.4, -0.2) is 28.8 Å². The van der Waals surface area contributed by atoms with Gasteiger partial charge in [0.05, 0.1) is 0 Å². The zero-order valence-corrected chi connectivity index (χ0v) is 11.4. The molecule has 0 radical (unpaired) electrons. The summed E-state index contributed by atoms with van der Waals surface area (Å²) in [4.78, 5) is 37.3. The highest BCUT2D eigenvalue weighted by atomic mass is 16.2. The van der Waals surface area contributed by atoms with E-state index in [9.17, 15) is 14.4 Å². The van der Waals surface area contributed by atoms with Crippen molar-refractivity contribution in [2.45, 2.75) is 53.0 Å². The van der Waals surface area contributed by atoms with Crippen LogP contribution in [-0.2, 0) is 9.59 Å². The highest BCUT2D eigenvalue weighted by molar-refractivity contribution is 6.18. The van der Waals surface area contributed by atoms with Crippen LogP contribution in [0.25, 0.3) is 0 Å². The summed E-state index contributed by atoms with van der Waals surface area (Å²) in [5.41, 5.74) is -1.24. The number of carbonyl (C=O) groups excluding carboxylic acids is 3. The van der Waals surface area contributed by atoms with Gasteiger partial charge in [-0.1, -0.05) is 20.3 Å². The molecule has 1 N–H and O–H groups in total. The SMILES string of the molecule is CC1(C)C(=O)NC(=O)N(C2CCCC2(C)C)C1=O. The van der Waals surface area contributed by atoms with Crippen molar-refractivity contribution >= 4 is 17.8 Å². The Morgan fingerprint density at radius 3 is 2.28 bits per heavy atom. The lowest BCUT2D eigenvalue weighted by Gasteiger charge is -2.42. The van der Waals surface area contributed by atoms with Crippen molar-refractivity contribution in [1.29, 1.82) is 0 Å². The van der Waals surface area contributed by atoms with Crippen molar-refractivity contribution in [1.82, 2.24) is 10.2 Å². The first kappa shape index (κ1) is 13.1. The lowest BCUT2D eigenvalue weighted by molar-refractivity contribution is -0.151. The Bertz CT molecular complexity index is 426. The monoisotopic (exact) mass is 252 g/mol. The fourth-order valence-corrected chi connectivity index (χ4v) is 2.87. The summed E-state index contributed by atoms with van der Waals surface area (Å²) >= 11 is 0. The minimum absolute atomic E-state index is 0.0799. The van der Waals surface area contributed by atoms with Crippen molar-refractivity contribution in [2.24, 2.45) is 10.8 Å². The Hall–Kier alpha value is -1.39. The maximum atomic E-state index is 12.4. The predicted octanol–water partition coefficient (Wildman–Crippen LogP) is 1.67. The Morgan fingerprint density at radius 1 is 1.17 bits per heavy atom. The van der Waals surface area contributed by atoms with Gasteiger partial charge in [-0.2, -0.15) is 0 Å². The minimum Gasteiger partial charge on any atom is -0.277 e. The topological polar surface area (TPSA) is 66.5 Å². The summed E-state index contributed by atoms with van der Waals surface area (Å²) in [7, 11) is 0. The number of barbiturate groups is 1. The predicted molar refractivity (Wildman–Crippen MR) is 65.6 cm³/mol. The highest BCUT2D eigenvalue weighted by Crippen LogP contribution is 2.42. The molecule has 1 aliphatic carbocycles. The van der Waals surface area contributed by atoms with Gasteiger partial charge in [0.1, 0.15) is 5.41 Å². The number of rotatable bonds is 1. The first-order valence-corrected chi connectivity index (χ1v) is 6.37. The Balaban J connectivity index is 2.35. The van der Waals surface area contributed by atoms with E-state index < -0.39 is 17.4 Å². The number of nitrogens with zero attached hydrogens (tertiary/aromatic N) is 1. The average molecular weight is 252 g/mol. The van der Waals surface area contributed by atoms with Crippen LogP contribution < -0.4 is 5.32 Å². The Morgan fingerprint density at radius 2 is 1.78 bits per heavy atom. The number of imide groups is 2. The van der Waals surface area contributed by atoms with Gasteiger partial charge in [0.25, 0.3) is 0 Å². The maximum absolute atomic E-state index is 12.4. The van der Waals surface area contributed by atoms with E-state index in [1.54, 1.807) is 13.8 Å². The number of urea groups is 1. The van der Waals surface area contributed by atoms with Crippen LogP contribution in [0.3, 0.4) is 0 Å². The first-order valence-electron chi connectivity index (χ1n) is 6.37. The number of carbonyl (C=O) groups is 3. The molecule has 100 valence electrons. The van der Waals surface area contributed by atoms with Gasteiger partial charge in [0.15, 0.2) is 0 Å². The summed E-state index contributed by atoms with van der Waals surface area (Å²) < 4.78 is 0. The molecule has 2 aliphatic rings. The summed E-state index contributed by atoms with van der Waals surface area (Å²) in [5, 5.41) is 2.29. The van der Waals surface area contributed by atoms with Crippen LogP contribution >= 0.6 is 0 Å². The van der Waals surface area contributed by atoms with Gasteiger partial charge in [-0.3, -0.25) is 19.8 Å². The highest BCUT2D eigenvalue weighted by Gasteiger charge is 2.52. The normalized spacial score (nSPS) is 30.6. The van der Waals surface area contributed by atoms with E-state index in [1.807, 2.05) is 0 Å². The van der Waals surface area contributed by atoms with Gasteiger partial charge >= 0.3 is 6.03 Å². The van der Waals surface area contributed by atoms with E-state index in [4.69, 9.17) is 0 Å². The molecule has 1 heterocycles. The largest absolute Gasteiger partial charge is 0.331 e. The van der Waals surface area contributed by atoms with E-state index >= 15 is 0 Å². The molecular formula is C13H20N2O3. The molecule has 1 saturated carbocycles. The summed E-state index contributed by atoms with van der Waals surface area (Å²) in [6.45, 7) is 7.25. The molecule has 1 saturated heterocycles. The Kier molecular flexibility index (Phi) is 2.76. The van der Waals surface area contributed by atoms with Gasteiger partial charge in [-0.05, 0) is 32.1 Å². The third-order valence-electron chi connectivity index (χ3n) is 4.27. The van der Waals surface area contributed by atoms with Crippen LogP contribution in [0.4, 0.5) is 4.79 Å². The molecule has 4 amide bonds. The molecule has 1 atom stereocenters. The maximum Gasteiger partial charge on any atom is 0.331 e. The van der Waals surface area contributed by atoms with E-state index in [-0.39, 0.29) is 17.4 Å². The third-order valence-corrected chi connectivity index (χ3v) is 4.27. The summed E-state index contributed by atoms with van der Waals surface area (Å²) in [6.07, 6.45) is 2.81. The van der Waals surface area contributed by atoms with Crippen LogP contribution in [0.1, 0.15) is 47.0 Å². The smallest absolute Gasteiger partial charge is 0.277 e. The van der Waals surface area contributed by atoms with Crippen molar-refractivity contribution < 1.29 is 14.4 Å². The number of amides is 4. The number of nitrogens with one attached hydrogen (secondary N) is 1. The molecule has 2 fully saturated rings. The first-order chi connectivity index (χ1) is 8.18. The molecule has 0 aromatic carbocycles. The van der Waals surface area contributed by atoms with E-state index in [1.165, 1.54) is 4.90 Å². The molecule has 2 rings (SSSR count). The molecule has 5 nitrogen and oxygen atoms in total. The molecule has 0 bridgehead atoms. The molecule has 0 aromatic rings. The Labute approximate surface area is 107 Å². The van der Waals surface area contributed by atoms with Gasteiger partial charge in [0.2, 0.25) is 11.8 Å². The zero-order chi connectivity index (χ0) is 13.7. The molecule has 1 aliphatic heterocycles. The van der Waals surface area contributed by atoms with Gasteiger partial charge < -0.3 is 0 Å². The molecule has 1 unspecified atom stereocenters. The summed E-state index contributed by atoms with van der Waals surface area (Å²) in [5.74, 6) is -0.888. The van der Waals surface area contributed by atoms with Crippen molar-refractivity contribution in [3.05, 3.63) is 0 Å². The van der Waals surface area contributed by atoms with Crippen molar-refractivity contribution in [3.8, 4) is 0 Å². The number of hydrogen-bond acceptors (Lipinski definition) is 3. The molecular weight excluding hydrogens is 232 g/mol.